The number of halogens is 1. The van der Waals surface area contributed by atoms with Gasteiger partial charge in [0.15, 0.2) is 5.65 Å². The lowest BCUT2D eigenvalue weighted by Gasteiger charge is -2.39. The van der Waals surface area contributed by atoms with Crippen LogP contribution < -0.4 is 10.6 Å². The average Bonchev–Trinajstić information content (AvgIpc) is 2.88. The summed E-state index contributed by atoms with van der Waals surface area (Å²) in [4.78, 5) is 11.5. The van der Waals surface area contributed by atoms with Crippen molar-refractivity contribution < 1.29 is 4.39 Å². The number of hydrogen-bond donors (Lipinski definition) is 1. The molecule has 1 fully saturated rings. The molecule has 0 bridgehead atoms. The number of aromatic nitrogens is 3. The Morgan fingerprint density at radius 3 is 2.69 bits per heavy atom. The summed E-state index contributed by atoms with van der Waals surface area (Å²) < 4.78 is 15.8. The molecule has 26 heavy (non-hydrogen) atoms. The molecular weight excluding hydrogens is 329 g/mol. The fraction of sp³-hybridized carbons (Fsp3) is 0.400. The summed E-state index contributed by atoms with van der Waals surface area (Å²) >= 11 is 0. The molecule has 2 N–H and O–H groups in total. The summed E-state index contributed by atoms with van der Waals surface area (Å²) in [5, 5.41) is 0. The molecule has 1 aromatic carbocycles. The summed E-state index contributed by atoms with van der Waals surface area (Å²) in [5.74, 6) is 1.27. The van der Waals surface area contributed by atoms with Crippen LogP contribution in [0.5, 0.6) is 0 Å². The molecule has 1 saturated heterocycles. The van der Waals surface area contributed by atoms with Crippen molar-refractivity contribution in [2.24, 2.45) is 11.7 Å². The summed E-state index contributed by atoms with van der Waals surface area (Å²) in [6, 6.07) is 7.36. The van der Waals surface area contributed by atoms with Crippen LogP contribution in [0.2, 0.25) is 0 Å². The third kappa shape index (κ3) is 3.17. The zero-order chi connectivity index (χ0) is 17.6. The molecule has 1 aliphatic heterocycles. The van der Waals surface area contributed by atoms with E-state index >= 15 is 0 Å². The van der Waals surface area contributed by atoms with Crippen LogP contribution in [-0.2, 0) is 6.54 Å². The minimum atomic E-state index is -0.175. The Balaban J connectivity index is 0.00000196. The lowest BCUT2D eigenvalue weighted by atomic mass is 10.0. The number of nitrogens with two attached hydrogens (primary N) is 1. The molecule has 3 aromatic rings. The molecule has 4 rings (SSSR count). The van der Waals surface area contributed by atoms with Crippen molar-refractivity contribution in [1.29, 1.82) is 0 Å². The van der Waals surface area contributed by atoms with Gasteiger partial charge in [0.1, 0.15) is 5.82 Å². The number of imidazole rings is 1. The van der Waals surface area contributed by atoms with E-state index in [9.17, 15) is 4.39 Å². The second kappa shape index (κ2) is 7.03. The largest absolute Gasteiger partial charge is 0.341 e. The van der Waals surface area contributed by atoms with Gasteiger partial charge in [0.25, 0.3) is 0 Å². The fourth-order valence-electron chi connectivity index (χ4n) is 3.36. The van der Waals surface area contributed by atoms with Crippen molar-refractivity contribution in [3.8, 4) is 0 Å². The smallest absolute Gasteiger partial charge is 0.208 e. The van der Waals surface area contributed by atoms with Crippen molar-refractivity contribution in [1.82, 2.24) is 14.5 Å². The summed E-state index contributed by atoms with van der Waals surface area (Å²) in [6.07, 6.45) is 1.84. The van der Waals surface area contributed by atoms with Crippen molar-refractivity contribution >= 4 is 17.1 Å². The molecule has 138 valence electrons. The van der Waals surface area contributed by atoms with Crippen LogP contribution in [0.25, 0.3) is 11.2 Å². The number of aryl methyl sites for hydroxylation is 2. The first-order valence-corrected chi connectivity index (χ1v) is 8.58. The predicted molar refractivity (Wildman–Crippen MR) is 104 cm³/mol. The monoisotopic (exact) mass is 355 g/mol. The molecule has 3 heterocycles. The second-order valence-corrected chi connectivity index (χ2v) is 6.94. The standard InChI is InChI=1S/C19H22FN5.CH4/c1-12-5-17-18(22-8-12)23-19(24-9-15(7-21)10-24)25(17)11-14-3-4-16(20)13(2)6-14;/h3-6,8,15H,7,9-11,21H2,1-2H3;1H4. The highest BCUT2D eigenvalue weighted by atomic mass is 19.1. The van der Waals surface area contributed by atoms with E-state index in [4.69, 9.17) is 10.7 Å². The summed E-state index contributed by atoms with van der Waals surface area (Å²) in [6.45, 7) is 6.99. The highest BCUT2D eigenvalue weighted by Gasteiger charge is 2.30. The Hall–Kier alpha value is -2.47. The highest BCUT2D eigenvalue weighted by molar-refractivity contribution is 5.76. The van der Waals surface area contributed by atoms with Gasteiger partial charge in [-0.3, -0.25) is 0 Å². The molecule has 0 spiro atoms. The van der Waals surface area contributed by atoms with Gasteiger partial charge in [-0.15, -0.1) is 0 Å². The molecule has 0 radical (unpaired) electrons. The number of rotatable bonds is 4. The van der Waals surface area contributed by atoms with Crippen LogP contribution in [0.1, 0.15) is 24.1 Å². The van der Waals surface area contributed by atoms with Crippen molar-refractivity contribution in [3.63, 3.8) is 0 Å². The molecule has 0 saturated carbocycles. The van der Waals surface area contributed by atoms with Gasteiger partial charge in [0.05, 0.1) is 12.1 Å². The SMILES string of the molecule is C.Cc1cnc2nc(N3CC(CN)C3)n(Cc3ccc(F)c(C)c3)c2c1. The first kappa shape index (κ1) is 18.3. The van der Waals surface area contributed by atoms with Gasteiger partial charge in [-0.2, -0.15) is 4.98 Å². The van der Waals surface area contributed by atoms with Crippen LogP contribution >= 0.6 is 0 Å². The minimum Gasteiger partial charge on any atom is -0.341 e. The fourth-order valence-corrected chi connectivity index (χ4v) is 3.36. The maximum atomic E-state index is 13.6. The Bertz CT molecular complexity index is 927. The number of fused-ring (bicyclic) bond motifs is 1. The van der Waals surface area contributed by atoms with E-state index in [1.54, 1.807) is 6.92 Å². The Kier molecular flexibility index (Phi) is 4.96. The van der Waals surface area contributed by atoms with Gasteiger partial charge in [0, 0.05) is 25.2 Å². The van der Waals surface area contributed by atoms with Gasteiger partial charge in [-0.25, -0.2) is 9.37 Å². The van der Waals surface area contributed by atoms with Gasteiger partial charge in [0.2, 0.25) is 5.95 Å². The maximum Gasteiger partial charge on any atom is 0.208 e. The van der Waals surface area contributed by atoms with Crippen LogP contribution in [-0.4, -0.2) is 34.2 Å². The highest BCUT2D eigenvalue weighted by Crippen LogP contribution is 2.28. The van der Waals surface area contributed by atoms with E-state index in [-0.39, 0.29) is 13.2 Å². The quantitative estimate of drug-likeness (QED) is 0.780. The predicted octanol–water partition coefficient (Wildman–Crippen LogP) is 3.27. The van der Waals surface area contributed by atoms with Crippen LogP contribution in [0.4, 0.5) is 10.3 Å². The first-order valence-electron chi connectivity index (χ1n) is 8.58. The second-order valence-electron chi connectivity index (χ2n) is 6.94. The molecule has 6 heteroatoms. The number of nitrogens with zero attached hydrogens (tertiary/aromatic N) is 4. The van der Waals surface area contributed by atoms with Gasteiger partial charge in [-0.05, 0) is 49.2 Å². The number of anilines is 1. The Labute approximate surface area is 153 Å². The van der Waals surface area contributed by atoms with Crippen LogP contribution in [0, 0.1) is 25.6 Å². The number of hydrogen-bond acceptors (Lipinski definition) is 4. The zero-order valence-electron chi connectivity index (χ0n) is 14.5. The van der Waals surface area contributed by atoms with E-state index in [1.807, 2.05) is 25.3 Å². The van der Waals surface area contributed by atoms with Crippen molar-refractivity contribution in [2.45, 2.75) is 27.8 Å². The van der Waals surface area contributed by atoms with E-state index < -0.39 is 0 Å². The number of pyridine rings is 1. The van der Waals surface area contributed by atoms with Gasteiger partial charge in [-0.1, -0.05) is 19.6 Å². The maximum absolute atomic E-state index is 13.6. The molecule has 0 atom stereocenters. The first-order chi connectivity index (χ1) is 12.0. The molecule has 0 aliphatic carbocycles. The topological polar surface area (TPSA) is 60.0 Å². The van der Waals surface area contributed by atoms with E-state index in [0.717, 1.165) is 41.3 Å². The summed E-state index contributed by atoms with van der Waals surface area (Å²) in [7, 11) is 0. The third-order valence-corrected chi connectivity index (χ3v) is 4.86. The number of benzene rings is 1. The van der Waals surface area contributed by atoms with Crippen LogP contribution in [0.15, 0.2) is 30.5 Å². The van der Waals surface area contributed by atoms with E-state index in [1.165, 1.54) is 6.07 Å². The van der Waals surface area contributed by atoms with E-state index in [2.05, 4.69) is 20.5 Å². The van der Waals surface area contributed by atoms with Crippen molar-refractivity contribution in [2.75, 3.05) is 24.5 Å². The lowest BCUT2D eigenvalue weighted by molar-refractivity contribution is 0.409. The van der Waals surface area contributed by atoms with Crippen molar-refractivity contribution in [3.05, 3.63) is 53.0 Å². The van der Waals surface area contributed by atoms with Crippen LogP contribution in [0.3, 0.4) is 0 Å². The summed E-state index contributed by atoms with van der Waals surface area (Å²) in [5.41, 5.74) is 10.3. The Morgan fingerprint density at radius 2 is 2.00 bits per heavy atom. The zero-order valence-corrected chi connectivity index (χ0v) is 14.5. The van der Waals surface area contributed by atoms with E-state index in [0.29, 0.717) is 24.6 Å². The average molecular weight is 355 g/mol. The normalized spacial score (nSPS) is 14.4. The molecular formula is C20H26FN5. The minimum absolute atomic E-state index is 0. The molecule has 5 nitrogen and oxygen atoms in total. The van der Waals surface area contributed by atoms with Gasteiger partial charge < -0.3 is 15.2 Å². The molecule has 0 unspecified atom stereocenters. The van der Waals surface area contributed by atoms with Gasteiger partial charge >= 0.3 is 0 Å². The lowest BCUT2D eigenvalue weighted by Crippen LogP contribution is -2.51. The molecule has 2 aromatic heterocycles. The molecule has 0 amide bonds. The molecule has 1 aliphatic rings. The Morgan fingerprint density at radius 1 is 1.23 bits per heavy atom. The third-order valence-electron chi connectivity index (χ3n) is 4.86.